The lowest BCUT2D eigenvalue weighted by molar-refractivity contribution is 0.0745. The first-order valence-corrected chi connectivity index (χ1v) is 9.48. The molecule has 1 amide bonds. The molecule has 3 rings (SSSR count). The van der Waals surface area contributed by atoms with Crippen LogP contribution in [0.15, 0.2) is 29.3 Å². The van der Waals surface area contributed by atoms with Crippen molar-refractivity contribution in [3.8, 4) is 0 Å². The van der Waals surface area contributed by atoms with E-state index in [9.17, 15) is 17.6 Å². The standard InChI is InChI=1S/C17H19FN4O3S/c1-17(2,3)16-20-7-10-8-22(9-14(10)21-16)15(23)12-6-11(26(19,24)25)4-5-13(12)18/h4-7H,8-9H2,1-3H3,(H2,19,24,25). The molecule has 7 nitrogen and oxygen atoms in total. The van der Waals surface area contributed by atoms with E-state index in [1.807, 2.05) is 20.8 Å². The minimum absolute atomic E-state index is 0.207. The van der Waals surface area contributed by atoms with E-state index in [1.165, 1.54) is 4.90 Å². The molecular formula is C17H19FN4O3S. The first kappa shape index (κ1) is 18.4. The van der Waals surface area contributed by atoms with Crippen molar-refractivity contribution >= 4 is 15.9 Å². The van der Waals surface area contributed by atoms with Crippen LogP contribution >= 0.6 is 0 Å². The number of nitrogens with two attached hydrogens (primary N) is 1. The highest BCUT2D eigenvalue weighted by molar-refractivity contribution is 7.89. The molecule has 0 spiro atoms. The van der Waals surface area contributed by atoms with Gasteiger partial charge in [-0.2, -0.15) is 0 Å². The third kappa shape index (κ3) is 3.45. The van der Waals surface area contributed by atoms with E-state index >= 15 is 0 Å². The van der Waals surface area contributed by atoms with Gasteiger partial charge in [0.05, 0.1) is 22.7 Å². The molecule has 0 saturated carbocycles. The molecule has 1 aliphatic rings. The van der Waals surface area contributed by atoms with Crippen molar-refractivity contribution in [2.24, 2.45) is 5.14 Å². The van der Waals surface area contributed by atoms with Gasteiger partial charge in [-0.05, 0) is 18.2 Å². The smallest absolute Gasteiger partial charge is 0.257 e. The maximum atomic E-state index is 14.1. The number of fused-ring (bicyclic) bond motifs is 1. The van der Waals surface area contributed by atoms with E-state index in [0.717, 1.165) is 23.8 Å². The number of rotatable bonds is 2. The zero-order valence-electron chi connectivity index (χ0n) is 14.7. The number of hydrogen-bond donors (Lipinski definition) is 1. The van der Waals surface area contributed by atoms with E-state index in [0.29, 0.717) is 11.5 Å². The molecule has 0 bridgehead atoms. The van der Waals surface area contributed by atoms with E-state index in [4.69, 9.17) is 5.14 Å². The van der Waals surface area contributed by atoms with Gasteiger partial charge < -0.3 is 4.90 Å². The molecule has 1 aromatic heterocycles. The predicted molar refractivity (Wildman–Crippen MR) is 92.1 cm³/mol. The van der Waals surface area contributed by atoms with Crippen LogP contribution in [0.4, 0.5) is 4.39 Å². The van der Waals surface area contributed by atoms with Crippen LogP contribution < -0.4 is 5.14 Å². The summed E-state index contributed by atoms with van der Waals surface area (Å²) in [4.78, 5) is 22.6. The van der Waals surface area contributed by atoms with Crippen LogP contribution in [0, 0.1) is 5.82 Å². The lowest BCUT2D eigenvalue weighted by atomic mass is 9.95. The molecule has 9 heteroatoms. The molecule has 26 heavy (non-hydrogen) atoms. The van der Waals surface area contributed by atoms with Crippen molar-refractivity contribution in [1.82, 2.24) is 14.9 Å². The lowest BCUT2D eigenvalue weighted by Gasteiger charge is -2.17. The van der Waals surface area contributed by atoms with Gasteiger partial charge in [0.1, 0.15) is 11.6 Å². The molecule has 1 aliphatic heterocycles. The highest BCUT2D eigenvalue weighted by Gasteiger charge is 2.29. The highest BCUT2D eigenvalue weighted by Crippen LogP contribution is 2.26. The molecule has 0 aliphatic carbocycles. The number of carbonyl (C=O) groups is 1. The summed E-state index contributed by atoms with van der Waals surface area (Å²) in [5.41, 5.74) is 0.923. The molecule has 2 N–H and O–H groups in total. The van der Waals surface area contributed by atoms with E-state index in [1.54, 1.807) is 6.20 Å². The van der Waals surface area contributed by atoms with Crippen molar-refractivity contribution in [1.29, 1.82) is 0 Å². The Morgan fingerprint density at radius 1 is 1.27 bits per heavy atom. The summed E-state index contributed by atoms with van der Waals surface area (Å²) in [5.74, 6) is -0.768. The summed E-state index contributed by atoms with van der Waals surface area (Å²) < 4.78 is 37.0. The average molecular weight is 378 g/mol. The Morgan fingerprint density at radius 2 is 1.96 bits per heavy atom. The predicted octanol–water partition coefficient (Wildman–Crippen LogP) is 1.72. The van der Waals surface area contributed by atoms with Crippen LogP contribution in [-0.2, 0) is 28.5 Å². The van der Waals surface area contributed by atoms with Gasteiger partial charge in [-0.15, -0.1) is 0 Å². The van der Waals surface area contributed by atoms with Crippen molar-refractivity contribution in [3.63, 3.8) is 0 Å². The molecule has 0 fully saturated rings. The maximum absolute atomic E-state index is 14.1. The molecule has 138 valence electrons. The SMILES string of the molecule is CC(C)(C)c1ncc2c(n1)CN(C(=O)c1cc(S(N)(=O)=O)ccc1F)C2. The number of primary sulfonamides is 1. The van der Waals surface area contributed by atoms with Crippen LogP contribution in [-0.4, -0.2) is 29.2 Å². The fourth-order valence-corrected chi connectivity index (χ4v) is 3.21. The lowest BCUT2D eigenvalue weighted by Crippen LogP contribution is -2.27. The first-order chi connectivity index (χ1) is 12.0. The summed E-state index contributed by atoms with van der Waals surface area (Å²) in [7, 11) is -4.03. The zero-order chi connectivity index (χ0) is 19.3. The Bertz CT molecular complexity index is 1000. The number of sulfonamides is 1. The van der Waals surface area contributed by atoms with Gasteiger partial charge in [-0.1, -0.05) is 20.8 Å². The zero-order valence-corrected chi connectivity index (χ0v) is 15.5. The minimum atomic E-state index is -4.03. The molecule has 0 radical (unpaired) electrons. The first-order valence-electron chi connectivity index (χ1n) is 7.94. The minimum Gasteiger partial charge on any atom is -0.328 e. The van der Waals surface area contributed by atoms with Gasteiger partial charge in [-0.3, -0.25) is 4.79 Å². The maximum Gasteiger partial charge on any atom is 0.257 e. The Labute approximate surface area is 151 Å². The fraction of sp³-hybridized carbons (Fsp3) is 0.353. The van der Waals surface area contributed by atoms with Crippen LogP contribution in [0.3, 0.4) is 0 Å². The van der Waals surface area contributed by atoms with Crippen molar-refractivity contribution in [3.05, 3.63) is 52.9 Å². The Hall–Kier alpha value is -2.39. The summed E-state index contributed by atoms with van der Waals surface area (Å²) in [6.07, 6.45) is 1.67. The second kappa shape index (κ2) is 6.10. The molecule has 1 aromatic carbocycles. The van der Waals surface area contributed by atoms with Gasteiger partial charge in [0.15, 0.2) is 0 Å². The molecular weight excluding hydrogens is 359 g/mol. The summed E-state index contributed by atoms with van der Waals surface area (Å²) in [6.45, 7) is 6.40. The third-order valence-electron chi connectivity index (χ3n) is 4.11. The van der Waals surface area contributed by atoms with Gasteiger partial charge in [0, 0.05) is 23.7 Å². The average Bonchev–Trinajstić information content (AvgIpc) is 2.95. The number of carbonyl (C=O) groups excluding carboxylic acids is 1. The Balaban J connectivity index is 1.91. The number of halogens is 1. The van der Waals surface area contributed by atoms with E-state index < -0.39 is 21.7 Å². The third-order valence-corrected chi connectivity index (χ3v) is 5.02. The van der Waals surface area contributed by atoms with Crippen LogP contribution in [0.25, 0.3) is 0 Å². The number of aromatic nitrogens is 2. The Morgan fingerprint density at radius 3 is 2.58 bits per heavy atom. The van der Waals surface area contributed by atoms with Gasteiger partial charge in [0.25, 0.3) is 5.91 Å². The fourth-order valence-electron chi connectivity index (χ4n) is 2.67. The molecule has 0 atom stereocenters. The van der Waals surface area contributed by atoms with Gasteiger partial charge in [0.2, 0.25) is 10.0 Å². The second-order valence-electron chi connectivity index (χ2n) is 7.26. The molecule has 2 aromatic rings. The Kier molecular flexibility index (Phi) is 4.32. The largest absolute Gasteiger partial charge is 0.328 e. The van der Waals surface area contributed by atoms with Crippen LogP contribution in [0.1, 0.15) is 48.2 Å². The summed E-state index contributed by atoms with van der Waals surface area (Å²) in [6, 6.07) is 2.91. The van der Waals surface area contributed by atoms with E-state index in [-0.39, 0.29) is 29.0 Å². The quantitative estimate of drug-likeness (QED) is 0.856. The summed E-state index contributed by atoms with van der Waals surface area (Å²) >= 11 is 0. The number of nitrogens with zero attached hydrogens (tertiary/aromatic N) is 3. The van der Waals surface area contributed by atoms with Crippen LogP contribution in [0.5, 0.6) is 0 Å². The molecule has 0 saturated heterocycles. The second-order valence-corrected chi connectivity index (χ2v) is 8.82. The van der Waals surface area contributed by atoms with Crippen molar-refractivity contribution < 1.29 is 17.6 Å². The van der Waals surface area contributed by atoms with Crippen LogP contribution in [0.2, 0.25) is 0 Å². The normalized spacial score (nSPS) is 14.4. The monoisotopic (exact) mass is 378 g/mol. The van der Waals surface area contributed by atoms with E-state index in [2.05, 4.69) is 9.97 Å². The van der Waals surface area contributed by atoms with Gasteiger partial charge >= 0.3 is 0 Å². The van der Waals surface area contributed by atoms with Crippen molar-refractivity contribution in [2.45, 2.75) is 44.2 Å². The van der Waals surface area contributed by atoms with Gasteiger partial charge in [-0.25, -0.2) is 27.9 Å². The topological polar surface area (TPSA) is 106 Å². The van der Waals surface area contributed by atoms with Crippen molar-refractivity contribution in [2.75, 3.05) is 0 Å². The number of hydrogen-bond acceptors (Lipinski definition) is 5. The molecule has 0 unspecified atom stereocenters. The number of amides is 1. The summed E-state index contributed by atoms with van der Waals surface area (Å²) in [5, 5.41) is 5.06. The number of benzene rings is 1. The molecule has 2 heterocycles. The highest BCUT2D eigenvalue weighted by atomic mass is 32.2.